The van der Waals surface area contributed by atoms with E-state index >= 15 is 0 Å². The Morgan fingerprint density at radius 3 is 2.54 bits per heavy atom. The van der Waals surface area contributed by atoms with Crippen molar-refractivity contribution in [2.45, 2.75) is 62.4 Å². The lowest BCUT2D eigenvalue weighted by molar-refractivity contribution is -0.133. The van der Waals surface area contributed by atoms with Crippen molar-refractivity contribution in [3.63, 3.8) is 0 Å². The molecule has 0 aliphatic heterocycles. The summed E-state index contributed by atoms with van der Waals surface area (Å²) in [7, 11) is 3.59. The molecule has 1 aromatic heterocycles. The van der Waals surface area contributed by atoms with Gasteiger partial charge in [-0.25, -0.2) is 0 Å². The second kappa shape index (κ2) is 9.45. The van der Waals surface area contributed by atoms with Crippen molar-refractivity contribution in [1.29, 1.82) is 0 Å². The molecule has 7 heteroatoms. The summed E-state index contributed by atoms with van der Waals surface area (Å²) in [5, 5.41) is 9.23. The number of ether oxygens (including phenoxy) is 1. The second-order valence-electron chi connectivity index (χ2n) is 7.27. The lowest BCUT2D eigenvalue weighted by atomic mass is 9.94. The van der Waals surface area contributed by atoms with Gasteiger partial charge >= 0.3 is 0 Å². The first kappa shape index (κ1) is 20.7. The number of nitrogens with zero attached hydrogens (tertiary/aromatic N) is 4. The first-order chi connectivity index (χ1) is 13.5. The molecule has 1 atom stereocenters. The molecule has 1 heterocycles. The van der Waals surface area contributed by atoms with E-state index in [0.29, 0.717) is 6.04 Å². The molecule has 0 bridgehead atoms. The zero-order valence-electron chi connectivity index (χ0n) is 17.2. The predicted molar refractivity (Wildman–Crippen MR) is 113 cm³/mol. The maximum atomic E-state index is 13.1. The Bertz CT molecular complexity index is 784. The maximum absolute atomic E-state index is 13.1. The molecule has 28 heavy (non-hydrogen) atoms. The second-order valence-corrected chi connectivity index (χ2v) is 8.58. The normalized spacial score (nSPS) is 16.0. The highest BCUT2D eigenvalue weighted by Gasteiger charge is 2.29. The quantitative estimate of drug-likeness (QED) is 0.651. The molecule has 2 aromatic rings. The molecule has 3 rings (SSSR count). The smallest absolute Gasteiger partial charge is 0.236 e. The van der Waals surface area contributed by atoms with E-state index in [1.165, 1.54) is 31.0 Å². The number of benzene rings is 1. The van der Waals surface area contributed by atoms with Gasteiger partial charge in [0.25, 0.3) is 0 Å². The van der Waals surface area contributed by atoms with Crippen molar-refractivity contribution in [2.75, 3.05) is 13.7 Å². The number of methoxy groups -OCH3 is 1. The van der Waals surface area contributed by atoms with Crippen LogP contribution in [0.1, 0.15) is 46.0 Å². The number of thioether (sulfide) groups is 1. The third kappa shape index (κ3) is 4.51. The lowest BCUT2D eigenvalue weighted by Gasteiger charge is -2.35. The van der Waals surface area contributed by atoms with Crippen LogP contribution in [0.15, 0.2) is 29.4 Å². The standard InChI is InChI=1S/C21H30N4O2S/c1-5-25(17-9-7-6-8-10-17)20(26)15(2)28-21-23-22-19(24(21)3)16-11-13-18(27-4)14-12-16/h11-15,17H,5-10H2,1-4H3/t15-/m0/s1. The fourth-order valence-electron chi connectivity index (χ4n) is 3.84. The maximum Gasteiger partial charge on any atom is 0.236 e. The number of aromatic nitrogens is 3. The third-order valence-corrected chi connectivity index (χ3v) is 6.57. The molecule has 1 aromatic carbocycles. The van der Waals surface area contributed by atoms with Gasteiger partial charge in [0.15, 0.2) is 11.0 Å². The Morgan fingerprint density at radius 1 is 1.25 bits per heavy atom. The number of amides is 1. The molecule has 0 radical (unpaired) electrons. The summed E-state index contributed by atoms with van der Waals surface area (Å²) in [5.41, 5.74) is 0.971. The van der Waals surface area contributed by atoms with Gasteiger partial charge in [0.05, 0.1) is 12.4 Å². The number of hydrogen-bond acceptors (Lipinski definition) is 5. The summed E-state index contributed by atoms with van der Waals surface area (Å²) in [5.74, 6) is 1.79. The minimum absolute atomic E-state index is 0.187. The highest BCUT2D eigenvalue weighted by atomic mass is 32.2. The van der Waals surface area contributed by atoms with E-state index in [2.05, 4.69) is 22.0 Å². The van der Waals surface area contributed by atoms with Gasteiger partial charge in [0, 0.05) is 25.2 Å². The molecule has 1 fully saturated rings. The van der Waals surface area contributed by atoms with Gasteiger partial charge in [-0.2, -0.15) is 0 Å². The zero-order valence-corrected chi connectivity index (χ0v) is 18.0. The molecule has 0 saturated heterocycles. The van der Waals surface area contributed by atoms with Gasteiger partial charge in [0.2, 0.25) is 5.91 Å². The summed E-state index contributed by atoms with van der Waals surface area (Å²) in [4.78, 5) is 15.1. The molecule has 0 N–H and O–H groups in total. The fraction of sp³-hybridized carbons (Fsp3) is 0.571. The third-order valence-electron chi connectivity index (χ3n) is 5.45. The molecule has 152 valence electrons. The molecule has 1 amide bonds. The molecule has 1 saturated carbocycles. The summed E-state index contributed by atoms with van der Waals surface area (Å²) < 4.78 is 7.16. The average Bonchev–Trinajstić information content (AvgIpc) is 3.09. The Labute approximate surface area is 171 Å². The van der Waals surface area contributed by atoms with Crippen molar-refractivity contribution in [3.05, 3.63) is 24.3 Å². The first-order valence-electron chi connectivity index (χ1n) is 10.1. The van der Waals surface area contributed by atoms with E-state index < -0.39 is 0 Å². The Balaban J connectivity index is 1.70. The fourth-order valence-corrected chi connectivity index (χ4v) is 4.72. The molecule has 0 unspecified atom stereocenters. The van der Waals surface area contributed by atoms with E-state index in [4.69, 9.17) is 4.74 Å². The monoisotopic (exact) mass is 402 g/mol. The van der Waals surface area contributed by atoms with Gasteiger partial charge in [-0.15, -0.1) is 10.2 Å². The Kier molecular flexibility index (Phi) is 6.99. The summed E-state index contributed by atoms with van der Waals surface area (Å²) in [6.07, 6.45) is 6.00. The van der Waals surface area contributed by atoms with E-state index in [-0.39, 0.29) is 11.2 Å². The first-order valence-corrected chi connectivity index (χ1v) is 10.9. The van der Waals surface area contributed by atoms with Crippen LogP contribution < -0.4 is 4.74 Å². The average molecular weight is 403 g/mol. The molecule has 1 aliphatic rings. The van der Waals surface area contributed by atoms with Crippen LogP contribution in [-0.4, -0.2) is 50.5 Å². The molecule has 6 nitrogen and oxygen atoms in total. The van der Waals surface area contributed by atoms with Gasteiger partial charge in [0.1, 0.15) is 5.75 Å². The largest absolute Gasteiger partial charge is 0.497 e. The Morgan fingerprint density at radius 2 is 1.93 bits per heavy atom. The van der Waals surface area contributed by atoms with Crippen LogP contribution >= 0.6 is 11.8 Å². The molecule has 1 aliphatic carbocycles. The van der Waals surface area contributed by atoms with Crippen LogP contribution in [0.5, 0.6) is 5.75 Å². The van der Waals surface area contributed by atoms with Crippen LogP contribution in [-0.2, 0) is 11.8 Å². The summed E-state index contributed by atoms with van der Waals surface area (Å²) in [6, 6.07) is 8.14. The lowest BCUT2D eigenvalue weighted by Crippen LogP contribution is -2.44. The highest BCUT2D eigenvalue weighted by Crippen LogP contribution is 2.29. The number of carbonyl (C=O) groups excluding carboxylic acids is 1. The minimum atomic E-state index is -0.187. The van der Waals surface area contributed by atoms with Gasteiger partial charge in [-0.3, -0.25) is 4.79 Å². The van der Waals surface area contributed by atoms with Crippen LogP contribution in [0.2, 0.25) is 0 Å². The van der Waals surface area contributed by atoms with Crippen LogP contribution in [0, 0.1) is 0 Å². The van der Waals surface area contributed by atoms with Gasteiger partial charge in [-0.05, 0) is 51.0 Å². The molecular formula is C21H30N4O2S. The number of carbonyl (C=O) groups is 1. The summed E-state index contributed by atoms with van der Waals surface area (Å²) >= 11 is 1.48. The molecule has 0 spiro atoms. The highest BCUT2D eigenvalue weighted by molar-refractivity contribution is 8.00. The van der Waals surface area contributed by atoms with E-state index in [9.17, 15) is 4.79 Å². The minimum Gasteiger partial charge on any atom is -0.497 e. The summed E-state index contributed by atoms with van der Waals surface area (Å²) in [6.45, 7) is 4.82. The number of rotatable bonds is 7. The van der Waals surface area contributed by atoms with Crippen LogP contribution in [0.25, 0.3) is 11.4 Å². The Hall–Kier alpha value is -2.02. The van der Waals surface area contributed by atoms with E-state index in [1.807, 2.05) is 42.8 Å². The molecular weight excluding hydrogens is 372 g/mol. The van der Waals surface area contributed by atoms with Crippen molar-refractivity contribution in [2.24, 2.45) is 7.05 Å². The van der Waals surface area contributed by atoms with Crippen LogP contribution in [0.4, 0.5) is 0 Å². The van der Waals surface area contributed by atoms with E-state index in [0.717, 1.165) is 41.7 Å². The van der Waals surface area contributed by atoms with Gasteiger partial charge < -0.3 is 14.2 Å². The van der Waals surface area contributed by atoms with Crippen molar-refractivity contribution in [3.8, 4) is 17.1 Å². The van der Waals surface area contributed by atoms with Crippen molar-refractivity contribution in [1.82, 2.24) is 19.7 Å². The SMILES string of the molecule is CCN(C(=O)[C@H](C)Sc1nnc(-c2ccc(OC)cc2)n1C)C1CCCCC1. The van der Waals surface area contributed by atoms with E-state index in [1.54, 1.807) is 7.11 Å². The van der Waals surface area contributed by atoms with Crippen molar-refractivity contribution >= 4 is 17.7 Å². The van der Waals surface area contributed by atoms with Crippen LogP contribution in [0.3, 0.4) is 0 Å². The topological polar surface area (TPSA) is 60.3 Å². The predicted octanol–water partition coefficient (Wildman–Crippen LogP) is 4.15. The number of hydrogen-bond donors (Lipinski definition) is 0. The van der Waals surface area contributed by atoms with Crippen molar-refractivity contribution < 1.29 is 9.53 Å². The zero-order chi connectivity index (χ0) is 20.1. The van der Waals surface area contributed by atoms with Gasteiger partial charge in [-0.1, -0.05) is 31.0 Å².